The zero-order chi connectivity index (χ0) is 24.9. The molecule has 4 rings (SSSR count). The SMILES string of the molecule is CC[C@H](C)N(CC(=O)N1CCc2sccc2[C@H]1COc1ccccc1F)C(=O)c1cccc(F)c1. The summed E-state index contributed by atoms with van der Waals surface area (Å²) in [5, 5.41) is 1.98. The number of thiophene rings is 1. The number of amides is 2. The average molecular weight is 499 g/mol. The molecule has 2 atom stereocenters. The highest BCUT2D eigenvalue weighted by molar-refractivity contribution is 7.10. The first-order chi connectivity index (χ1) is 16.9. The Kier molecular flexibility index (Phi) is 7.80. The highest BCUT2D eigenvalue weighted by atomic mass is 32.1. The molecule has 0 bridgehead atoms. The smallest absolute Gasteiger partial charge is 0.254 e. The van der Waals surface area contributed by atoms with E-state index in [1.807, 2.05) is 25.3 Å². The summed E-state index contributed by atoms with van der Waals surface area (Å²) in [6.07, 6.45) is 1.35. The van der Waals surface area contributed by atoms with Crippen LogP contribution < -0.4 is 4.74 Å². The summed E-state index contributed by atoms with van der Waals surface area (Å²) in [7, 11) is 0. The van der Waals surface area contributed by atoms with Crippen LogP contribution in [0.4, 0.5) is 8.78 Å². The minimum Gasteiger partial charge on any atom is -0.488 e. The minimum atomic E-state index is -0.502. The lowest BCUT2D eigenvalue weighted by atomic mass is 10.00. The zero-order valence-corrected chi connectivity index (χ0v) is 20.6. The van der Waals surface area contributed by atoms with Crippen LogP contribution in [0.3, 0.4) is 0 Å². The largest absolute Gasteiger partial charge is 0.488 e. The maximum atomic E-state index is 14.1. The number of para-hydroxylation sites is 1. The van der Waals surface area contributed by atoms with Crippen LogP contribution >= 0.6 is 11.3 Å². The van der Waals surface area contributed by atoms with Crippen LogP contribution in [0.2, 0.25) is 0 Å². The topological polar surface area (TPSA) is 49.9 Å². The summed E-state index contributed by atoms with van der Waals surface area (Å²) < 4.78 is 33.7. The van der Waals surface area contributed by atoms with E-state index in [0.717, 1.165) is 5.56 Å². The fraction of sp³-hybridized carbons (Fsp3) is 0.333. The molecular weight excluding hydrogens is 470 g/mol. The quantitative estimate of drug-likeness (QED) is 0.414. The van der Waals surface area contributed by atoms with Crippen molar-refractivity contribution < 1.29 is 23.1 Å². The molecule has 1 aromatic heterocycles. The summed E-state index contributed by atoms with van der Waals surface area (Å²) in [6.45, 7) is 4.23. The summed E-state index contributed by atoms with van der Waals surface area (Å²) in [6, 6.07) is 13.0. The van der Waals surface area contributed by atoms with E-state index in [9.17, 15) is 18.4 Å². The van der Waals surface area contributed by atoms with E-state index >= 15 is 0 Å². The van der Waals surface area contributed by atoms with Crippen LogP contribution in [0.5, 0.6) is 5.75 Å². The summed E-state index contributed by atoms with van der Waals surface area (Å²) >= 11 is 1.63. The normalized spacial score (nSPS) is 15.9. The minimum absolute atomic E-state index is 0.0948. The van der Waals surface area contributed by atoms with Crippen LogP contribution in [-0.4, -0.2) is 47.4 Å². The second-order valence-corrected chi connectivity index (χ2v) is 9.59. The van der Waals surface area contributed by atoms with Crippen LogP contribution in [0.25, 0.3) is 0 Å². The number of fused-ring (bicyclic) bond motifs is 1. The molecule has 0 aliphatic carbocycles. The molecule has 184 valence electrons. The molecule has 0 N–H and O–H groups in total. The maximum absolute atomic E-state index is 14.1. The number of rotatable bonds is 8. The van der Waals surface area contributed by atoms with Crippen molar-refractivity contribution in [2.24, 2.45) is 0 Å². The Morgan fingerprint density at radius 2 is 1.97 bits per heavy atom. The predicted octanol–water partition coefficient (Wildman–Crippen LogP) is 5.47. The third-order valence-electron chi connectivity index (χ3n) is 6.41. The Morgan fingerprint density at radius 3 is 2.71 bits per heavy atom. The first-order valence-corrected chi connectivity index (χ1v) is 12.6. The number of hydrogen-bond acceptors (Lipinski definition) is 4. The van der Waals surface area contributed by atoms with Gasteiger partial charge in [0.15, 0.2) is 11.6 Å². The third kappa shape index (κ3) is 5.53. The second-order valence-electron chi connectivity index (χ2n) is 8.59. The van der Waals surface area contributed by atoms with Gasteiger partial charge in [-0.3, -0.25) is 9.59 Å². The number of halogens is 2. The number of carbonyl (C=O) groups excluding carboxylic acids is 2. The molecule has 2 heterocycles. The molecule has 2 aromatic carbocycles. The molecule has 35 heavy (non-hydrogen) atoms. The molecule has 8 heteroatoms. The van der Waals surface area contributed by atoms with Crippen molar-refractivity contribution in [2.75, 3.05) is 19.7 Å². The van der Waals surface area contributed by atoms with Crippen LogP contribution in [-0.2, 0) is 11.2 Å². The standard InChI is InChI=1S/C27H28F2N2O3S/c1-3-18(2)31(27(33)19-7-6-8-20(28)15-19)16-26(32)30-13-11-25-21(12-14-35-25)23(30)17-34-24-10-5-4-9-22(24)29/h4-10,12,14-15,18,23H,3,11,13,16-17H2,1-2H3/t18-,23+/m0/s1. The Labute approximate surface area is 207 Å². The molecular formula is C27H28F2N2O3S. The Morgan fingerprint density at radius 1 is 1.17 bits per heavy atom. The lowest BCUT2D eigenvalue weighted by Gasteiger charge is -2.38. The Hall–Kier alpha value is -3.26. The van der Waals surface area contributed by atoms with Gasteiger partial charge in [0.2, 0.25) is 5.91 Å². The molecule has 0 saturated heterocycles. The summed E-state index contributed by atoms with van der Waals surface area (Å²) in [4.78, 5) is 31.2. The molecule has 1 aliphatic heterocycles. The molecule has 0 fully saturated rings. The molecule has 0 spiro atoms. The molecule has 3 aromatic rings. The van der Waals surface area contributed by atoms with E-state index in [4.69, 9.17) is 4.74 Å². The summed E-state index contributed by atoms with van der Waals surface area (Å²) in [5.41, 5.74) is 1.19. The van der Waals surface area contributed by atoms with E-state index in [-0.39, 0.29) is 42.3 Å². The van der Waals surface area contributed by atoms with Crippen molar-refractivity contribution in [1.82, 2.24) is 9.80 Å². The van der Waals surface area contributed by atoms with E-state index in [1.54, 1.807) is 40.5 Å². The number of hydrogen-bond donors (Lipinski definition) is 0. The lowest BCUT2D eigenvalue weighted by molar-refractivity contribution is -0.136. The van der Waals surface area contributed by atoms with Gasteiger partial charge in [-0.05, 0) is 67.1 Å². The van der Waals surface area contributed by atoms with Crippen LogP contribution in [0, 0.1) is 11.6 Å². The molecule has 0 unspecified atom stereocenters. The van der Waals surface area contributed by atoms with Crippen LogP contribution in [0.1, 0.15) is 47.1 Å². The molecule has 1 aliphatic rings. The number of ether oxygens (including phenoxy) is 1. The van der Waals surface area contributed by atoms with E-state index in [2.05, 4.69) is 0 Å². The fourth-order valence-corrected chi connectivity index (χ4v) is 5.21. The van der Waals surface area contributed by atoms with Gasteiger partial charge in [0, 0.05) is 23.0 Å². The van der Waals surface area contributed by atoms with Crippen molar-refractivity contribution in [2.45, 2.75) is 38.8 Å². The van der Waals surface area contributed by atoms with Crippen molar-refractivity contribution in [1.29, 1.82) is 0 Å². The molecule has 0 radical (unpaired) electrons. The number of carbonyl (C=O) groups is 2. The predicted molar refractivity (Wildman–Crippen MR) is 132 cm³/mol. The van der Waals surface area contributed by atoms with Gasteiger partial charge in [0.25, 0.3) is 5.91 Å². The molecule has 2 amide bonds. The van der Waals surface area contributed by atoms with E-state index < -0.39 is 17.7 Å². The van der Waals surface area contributed by atoms with Crippen LogP contribution in [0.15, 0.2) is 60.0 Å². The van der Waals surface area contributed by atoms with Crippen molar-refractivity contribution in [3.8, 4) is 5.75 Å². The third-order valence-corrected chi connectivity index (χ3v) is 7.41. The Bertz CT molecular complexity index is 1200. The zero-order valence-electron chi connectivity index (χ0n) is 19.7. The fourth-order valence-electron chi connectivity index (χ4n) is 4.28. The number of nitrogens with zero attached hydrogens (tertiary/aromatic N) is 2. The highest BCUT2D eigenvalue weighted by Crippen LogP contribution is 2.34. The monoisotopic (exact) mass is 498 g/mol. The maximum Gasteiger partial charge on any atom is 0.254 e. The highest BCUT2D eigenvalue weighted by Gasteiger charge is 2.34. The average Bonchev–Trinajstić information content (AvgIpc) is 3.35. The van der Waals surface area contributed by atoms with E-state index in [0.29, 0.717) is 19.4 Å². The van der Waals surface area contributed by atoms with Crippen molar-refractivity contribution >= 4 is 23.2 Å². The van der Waals surface area contributed by atoms with E-state index in [1.165, 1.54) is 34.0 Å². The first-order valence-electron chi connectivity index (χ1n) is 11.7. The van der Waals surface area contributed by atoms with Crippen molar-refractivity contribution in [3.05, 3.63) is 87.6 Å². The number of benzene rings is 2. The lowest BCUT2D eigenvalue weighted by Crippen LogP contribution is -2.49. The van der Waals surface area contributed by atoms with Gasteiger partial charge in [-0.15, -0.1) is 11.3 Å². The van der Waals surface area contributed by atoms with Gasteiger partial charge in [-0.2, -0.15) is 0 Å². The molecule has 5 nitrogen and oxygen atoms in total. The first kappa shape index (κ1) is 24.9. The van der Waals surface area contributed by atoms with Gasteiger partial charge in [0.1, 0.15) is 19.0 Å². The van der Waals surface area contributed by atoms with Gasteiger partial charge in [-0.25, -0.2) is 8.78 Å². The van der Waals surface area contributed by atoms with Gasteiger partial charge < -0.3 is 14.5 Å². The Balaban J connectivity index is 1.56. The van der Waals surface area contributed by atoms with Gasteiger partial charge in [-0.1, -0.05) is 25.1 Å². The van der Waals surface area contributed by atoms with Gasteiger partial charge >= 0.3 is 0 Å². The van der Waals surface area contributed by atoms with Crippen molar-refractivity contribution in [3.63, 3.8) is 0 Å². The summed E-state index contributed by atoms with van der Waals surface area (Å²) in [5.74, 6) is -1.45. The molecule has 0 saturated carbocycles. The van der Waals surface area contributed by atoms with Gasteiger partial charge in [0.05, 0.1) is 6.04 Å². The second kappa shape index (κ2) is 11.0.